The van der Waals surface area contributed by atoms with Gasteiger partial charge in [0.15, 0.2) is 0 Å². The summed E-state index contributed by atoms with van der Waals surface area (Å²) in [6.07, 6.45) is 1.87. The second-order valence-corrected chi connectivity index (χ2v) is 1.48. The Kier molecular flexibility index (Phi) is 9.95. The zero-order valence-electron chi connectivity index (χ0n) is 4.82. The lowest BCUT2D eigenvalue weighted by molar-refractivity contribution is -0.305. The molecule has 0 atom stereocenters. The predicted octanol–water partition coefficient (Wildman–Crippen LogP) is -3.07. The van der Waals surface area contributed by atoms with E-state index in [-0.39, 0.29) is 30.4 Å². The first-order chi connectivity index (χ1) is 3.27. The molecule has 8 heavy (non-hydrogen) atoms. The third-order valence-electron chi connectivity index (χ3n) is 0.734. The zero-order valence-corrected chi connectivity index (χ0v) is 6.97. The summed E-state index contributed by atoms with van der Waals surface area (Å²) in [5, 5.41) is 9.65. The lowest BCUT2D eigenvalue weighted by Gasteiger charge is -1.95. The Balaban J connectivity index is 0. The quantitative estimate of drug-likeness (QED) is 0.481. The lowest BCUT2D eigenvalue weighted by Crippen LogP contribution is -3.00. The Labute approximate surface area is 66.3 Å². The number of rotatable bonds is 3. The van der Waals surface area contributed by atoms with E-state index in [4.69, 9.17) is 0 Å². The Hall–Kier alpha value is 0.200. The molecule has 48 valence electrons. The molecule has 0 spiro atoms. The first-order valence-electron chi connectivity index (χ1n) is 2.47. The van der Waals surface area contributed by atoms with Crippen LogP contribution in [0.4, 0.5) is 0 Å². The highest BCUT2D eigenvalue weighted by molar-refractivity contribution is 5.63. The van der Waals surface area contributed by atoms with E-state index in [0.29, 0.717) is 0 Å². The van der Waals surface area contributed by atoms with Crippen molar-refractivity contribution in [3.63, 3.8) is 0 Å². The molecule has 0 aliphatic heterocycles. The molecule has 0 saturated carbocycles. The van der Waals surface area contributed by atoms with Gasteiger partial charge in [-0.25, -0.2) is 0 Å². The van der Waals surface area contributed by atoms with Crippen molar-refractivity contribution in [1.29, 1.82) is 0 Å². The van der Waals surface area contributed by atoms with Crippen LogP contribution in [0.1, 0.15) is 26.2 Å². The number of unbranched alkanes of at least 4 members (excludes halogenated alkanes) is 1. The van der Waals surface area contributed by atoms with E-state index in [1.54, 1.807) is 0 Å². The molecule has 2 nitrogen and oxygen atoms in total. The standard InChI is InChI=1S/C5H10O2.I/c1-2-3-4-5(6)7;/h2-4H2,1H3,(H,6,7);/q;+1/p-1. The number of carboxylic acid groups (broad SMARTS) is 1. The Morgan fingerprint density at radius 2 is 2.12 bits per heavy atom. The molecule has 0 saturated heterocycles. The highest BCUT2D eigenvalue weighted by Crippen LogP contribution is 1.89. The van der Waals surface area contributed by atoms with Gasteiger partial charge in [-0.05, 0) is 12.8 Å². The highest BCUT2D eigenvalue weighted by atomic mass is 127. The Morgan fingerprint density at radius 1 is 1.62 bits per heavy atom. The van der Waals surface area contributed by atoms with Gasteiger partial charge in [-0.2, -0.15) is 0 Å². The smallest absolute Gasteiger partial charge is 0.550 e. The van der Waals surface area contributed by atoms with Gasteiger partial charge in [-0.15, -0.1) is 0 Å². The highest BCUT2D eigenvalue weighted by Gasteiger charge is 1.80. The van der Waals surface area contributed by atoms with Crippen LogP contribution >= 0.6 is 0 Å². The first-order valence-corrected chi connectivity index (χ1v) is 2.47. The average Bonchev–Trinajstić information content (AvgIpc) is 1.61. The molecule has 3 heteroatoms. The Bertz CT molecular complexity index is 63.4. The molecule has 2 radical (unpaired) electrons. The van der Waals surface area contributed by atoms with E-state index in [0.717, 1.165) is 12.8 Å². The maximum Gasteiger partial charge on any atom is 1.00 e. The number of aliphatic carboxylic acids is 1. The molecule has 0 aromatic carbocycles. The molecule has 0 fully saturated rings. The molecular formula is C5H9IO2. The largest absolute Gasteiger partial charge is 1.00 e. The van der Waals surface area contributed by atoms with Gasteiger partial charge >= 0.3 is 24.0 Å². The van der Waals surface area contributed by atoms with E-state index in [9.17, 15) is 9.90 Å². The summed E-state index contributed by atoms with van der Waals surface area (Å²) in [6, 6.07) is 0. The van der Waals surface area contributed by atoms with Gasteiger partial charge in [0.05, 0.1) is 0 Å². The molecule has 0 aromatic rings. The van der Waals surface area contributed by atoms with Crippen LogP contribution in [0.15, 0.2) is 0 Å². The molecule has 0 rings (SSSR count). The van der Waals surface area contributed by atoms with Crippen LogP contribution in [-0.4, -0.2) is 5.97 Å². The molecule has 0 unspecified atom stereocenters. The van der Waals surface area contributed by atoms with Crippen LogP contribution in [0.3, 0.4) is 0 Å². The molecule has 0 aliphatic carbocycles. The summed E-state index contributed by atoms with van der Waals surface area (Å²) in [7, 11) is 0. The van der Waals surface area contributed by atoms with Gasteiger partial charge in [-0.3, -0.25) is 0 Å². The number of hydrogen-bond donors (Lipinski definition) is 0. The SMILES string of the molecule is CCCCC(=O)[O-].[I+]. The molecule has 0 aliphatic rings. The van der Waals surface area contributed by atoms with Crippen molar-refractivity contribution >= 4 is 5.97 Å². The second-order valence-electron chi connectivity index (χ2n) is 1.48. The van der Waals surface area contributed by atoms with Crippen LogP contribution in [0, 0.1) is 0 Å². The lowest BCUT2D eigenvalue weighted by atomic mass is 10.3. The summed E-state index contributed by atoms with van der Waals surface area (Å²) in [5.74, 6) is -0.943. The first kappa shape index (κ1) is 11.1. The van der Waals surface area contributed by atoms with Gasteiger partial charge in [0.25, 0.3) is 0 Å². The molecule has 0 heterocycles. The number of halogens is 1. The van der Waals surface area contributed by atoms with Crippen LogP contribution in [0.25, 0.3) is 0 Å². The monoisotopic (exact) mass is 228 g/mol. The summed E-state index contributed by atoms with van der Waals surface area (Å²) in [6.45, 7) is 1.95. The normalized spacial score (nSPS) is 7.62. The van der Waals surface area contributed by atoms with Crippen molar-refractivity contribution in [1.82, 2.24) is 0 Å². The summed E-state index contributed by atoms with van der Waals surface area (Å²) in [4.78, 5) is 9.65. The fourth-order valence-electron chi connectivity index (χ4n) is 0.321. The minimum atomic E-state index is -0.943. The average molecular weight is 228 g/mol. The van der Waals surface area contributed by atoms with Gasteiger partial charge in [0, 0.05) is 5.97 Å². The third kappa shape index (κ3) is 9.50. The predicted molar refractivity (Wildman–Crippen MR) is 24.5 cm³/mol. The molecule has 0 amide bonds. The van der Waals surface area contributed by atoms with E-state index < -0.39 is 5.97 Å². The number of carboxylic acids is 1. The number of carbonyl (C=O) groups excluding carboxylic acids is 1. The second kappa shape index (κ2) is 7.20. The van der Waals surface area contributed by atoms with Crippen molar-refractivity contribution < 1.29 is 33.9 Å². The summed E-state index contributed by atoms with van der Waals surface area (Å²) in [5.41, 5.74) is 0. The number of carbonyl (C=O) groups is 1. The van der Waals surface area contributed by atoms with Gasteiger partial charge in [-0.1, -0.05) is 13.3 Å². The molecule has 0 aromatic heterocycles. The maximum atomic E-state index is 9.65. The topological polar surface area (TPSA) is 40.1 Å². The number of hydrogen-bond acceptors (Lipinski definition) is 2. The summed E-state index contributed by atoms with van der Waals surface area (Å²) < 4.78 is 0. The van der Waals surface area contributed by atoms with E-state index in [1.165, 1.54) is 0 Å². The van der Waals surface area contributed by atoms with Crippen molar-refractivity contribution in [2.24, 2.45) is 0 Å². The van der Waals surface area contributed by atoms with Crippen molar-refractivity contribution in [3.05, 3.63) is 0 Å². The third-order valence-corrected chi connectivity index (χ3v) is 0.734. The van der Waals surface area contributed by atoms with E-state index in [1.807, 2.05) is 6.92 Å². The van der Waals surface area contributed by atoms with Gasteiger partial charge < -0.3 is 9.90 Å². The van der Waals surface area contributed by atoms with Gasteiger partial charge in [0.2, 0.25) is 0 Å². The van der Waals surface area contributed by atoms with Crippen molar-refractivity contribution in [3.8, 4) is 0 Å². The molecule has 0 N–H and O–H groups in total. The van der Waals surface area contributed by atoms with Crippen molar-refractivity contribution in [2.75, 3.05) is 0 Å². The van der Waals surface area contributed by atoms with Crippen LogP contribution in [-0.2, 0) is 4.79 Å². The fraction of sp³-hybridized carbons (Fsp3) is 0.800. The maximum absolute atomic E-state index is 9.65. The minimum absolute atomic E-state index is 0. The van der Waals surface area contributed by atoms with E-state index >= 15 is 0 Å². The Morgan fingerprint density at radius 3 is 2.25 bits per heavy atom. The van der Waals surface area contributed by atoms with Crippen LogP contribution < -0.4 is 29.1 Å². The van der Waals surface area contributed by atoms with Crippen LogP contribution in [0.2, 0.25) is 0 Å². The summed E-state index contributed by atoms with van der Waals surface area (Å²) >= 11 is 0. The van der Waals surface area contributed by atoms with Gasteiger partial charge in [0.1, 0.15) is 0 Å². The zero-order chi connectivity index (χ0) is 5.70. The minimum Gasteiger partial charge on any atom is -0.550 e. The fourth-order valence-corrected chi connectivity index (χ4v) is 0.321. The van der Waals surface area contributed by atoms with Crippen molar-refractivity contribution in [2.45, 2.75) is 26.2 Å². The molecular weight excluding hydrogens is 219 g/mol. The van der Waals surface area contributed by atoms with Crippen LogP contribution in [0.5, 0.6) is 0 Å². The molecule has 0 bridgehead atoms. The van der Waals surface area contributed by atoms with E-state index in [2.05, 4.69) is 0 Å².